The highest BCUT2D eigenvalue weighted by molar-refractivity contribution is 7.15. The minimum Gasteiger partial charge on any atom is -0.381 e. The molecule has 20 heavy (non-hydrogen) atoms. The minimum absolute atomic E-state index is 0.653. The van der Waals surface area contributed by atoms with Crippen molar-refractivity contribution in [3.8, 4) is 0 Å². The number of hydrogen-bond acceptors (Lipinski definition) is 5. The van der Waals surface area contributed by atoms with Gasteiger partial charge in [-0.05, 0) is 31.7 Å². The molecule has 1 N–H and O–H groups in total. The Morgan fingerprint density at radius 3 is 2.95 bits per heavy atom. The highest BCUT2D eigenvalue weighted by atomic mass is 32.1. The fourth-order valence-corrected chi connectivity index (χ4v) is 3.69. The fourth-order valence-electron chi connectivity index (χ4n) is 2.60. The van der Waals surface area contributed by atoms with E-state index in [0.29, 0.717) is 5.92 Å². The summed E-state index contributed by atoms with van der Waals surface area (Å²) in [4.78, 5) is 8.50. The maximum absolute atomic E-state index is 5.57. The average Bonchev–Trinajstić information content (AvgIpc) is 2.89. The van der Waals surface area contributed by atoms with Gasteiger partial charge in [0.15, 0.2) is 5.13 Å². The van der Waals surface area contributed by atoms with Crippen LogP contribution in [0.2, 0.25) is 0 Å². The van der Waals surface area contributed by atoms with Crippen LogP contribution in [-0.4, -0.2) is 38.3 Å². The van der Waals surface area contributed by atoms with Crippen molar-refractivity contribution < 1.29 is 4.74 Å². The zero-order chi connectivity index (χ0) is 14.4. The SMILES string of the molecule is CCNCc1sc(N(C)CC2CCCOC2)nc1CC. The number of nitrogens with one attached hydrogen (secondary N) is 1. The van der Waals surface area contributed by atoms with Gasteiger partial charge in [0.05, 0.1) is 12.3 Å². The lowest BCUT2D eigenvalue weighted by Gasteiger charge is -2.26. The number of aromatic nitrogens is 1. The molecule has 0 spiro atoms. The van der Waals surface area contributed by atoms with Gasteiger partial charge in [0, 0.05) is 31.6 Å². The van der Waals surface area contributed by atoms with E-state index in [9.17, 15) is 0 Å². The van der Waals surface area contributed by atoms with E-state index < -0.39 is 0 Å². The lowest BCUT2D eigenvalue weighted by Crippen LogP contribution is -2.30. The molecule has 1 atom stereocenters. The molecule has 0 amide bonds. The Kier molecular flexibility index (Phi) is 6.26. The van der Waals surface area contributed by atoms with Crippen LogP contribution in [0.25, 0.3) is 0 Å². The molecule has 4 nitrogen and oxygen atoms in total. The van der Waals surface area contributed by atoms with Crippen molar-refractivity contribution in [3.63, 3.8) is 0 Å². The van der Waals surface area contributed by atoms with Gasteiger partial charge in [-0.2, -0.15) is 0 Å². The summed E-state index contributed by atoms with van der Waals surface area (Å²) in [5.41, 5.74) is 1.25. The molecule has 1 saturated heterocycles. The van der Waals surface area contributed by atoms with Crippen LogP contribution in [0, 0.1) is 5.92 Å². The molecule has 0 bridgehead atoms. The summed E-state index contributed by atoms with van der Waals surface area (Å²) in [6, 6.07) is 0. The van der Waals surface area contributed by atoms with Crippen LogP contribution < -0.4 is 10.2 Å². The van der Waals surface area contributed by atoms with Crippen LogP contribution in [0.1, 0.15) is 37.3 Å². The Balaban J connectivity index is 1.97. The first kappa shape index (κ1) is 15.7. The zero-order valence-electron chi connectivity index (χ0n) is 12.9. The predicted octanol–water partition coefficient (Wildman–Crippen LogP) is 2.68. The van der Waals surface area contributed by atoms with Gasteiger partial charge in [-0.3, -0.25) is 0 Å². The minimum atomic E-state index is 0.653. The van der Waals surface area contributed by atoms with Crippen LogP contribution in [0.4, 0.5) is 5.13 Å². The summed E-state index contributed by atoms with van der Waals surface area (Å²) in [7, 11) is 2.16. The molecule has 1 aromatic heterocycles. The molecule has 1 unspecified atom stereocenters. The van der Waals surface area contributed by atoms with E-state index in [1.165, 1.54) is 23.4 Å². The Labute approximate surface area is 126 Å². The van der Waals surface area contributed by atoms with E-state index in [-0.39, 0.29) is 0 Å². The quantitative estimate of drug-likeness (QED) is 0.839. The molecule has 1 aliphatic rings. The van der Waals surface area contributed by atoms with Gasteiger partial charge in [-0.1, -0.05) is 13.8 Å². The summed E-state index contributed by atoms with van der Waals surface area (Å²) in [5, 5.41) is 4.56. The largest absolute Gasteiger partial charge is 0.381 e. The van der Waals surface area contributed by atoms with Crippen LogP contribution in [0.3, 0.4) is 0 Å². The van der Waals surface area contributed by atoms with Crippen LogP contribution >= 0.6 is 11.3 Å². The molecule has 0 saturated carbocycles. The number of ether oxygens (including phenoxy) is 1. The fraction of sp³-hybridized carbons (Fsp3) is 0.800. The standard InChI is InChI=1S/C15H27N3OS/c1-4-13-14(9-16-5-2)20-15(17-13)18(3)10-12-7-6-8-19-11-12/h12,16H,4-11H2,1-3H3. The molecular formula is C15H27N3OS. The van der Waals surface area contributed by atoms with Gasteiger partial charge in [-0.25, -0.2) is 4.98 Å². The molecule has 1 aliphatic heterocycles. The van der Waals surface area contributed by atoms with Gasteiger partial charge < -0.3 is 15.0 Å². The summed E-state index contributed by atoms with van der Waals surface area (Å²) in [6.45, 7) is 9.16. The predicted molar refractivity (Wildman–Crippen MR) is 85.7 cm³/mol. The maximum Gasteiger partial charge on any atom is 0.185 e. The van der Waals surface area contributed by atoms with Crippen molar-refractivity contribution in [3.05, 3.63) is 10.6 Å². The smallest absolute Gasteiger partial charge is 0.185 e. The molecule has 2 rings (SSSR count). The van der Waals surface area contributed by atoms with Crippen molar-refractivity contribution >= 4 is 16.5 Å². The van der Waals surface area contributed by atoms with Crippen molar-refractivity contribution in [2.75, 3.05) is 38.3 Å². The molecule has 0 aromatic carbocycles. The Morgan fingerprint density at radius 1 is 1.45 bits per heavy atom. The monoisotopic (exact) mass is 297 g/mol. The Hall–Kier alpha value is -0.650. The lowest BCUT2D eigenvalue weighted by atomic mass is 10.0. The highest BCUT2D eigenvalue weighted by Crippen LogP contribution is 2.27. The number of hydrogen-bond donors (Lipinski definition) is 1. The van der Waals surface area contributed by atoms with Gasteiger partial charge in [0.1, 0.15) is 0 Å². The van der Waals surface area contributed by atoms with E-state index in [1.807, 2.05) is 11.3 Å². The van der Waals surface area contributed by atoms with Gasteiger partial charge >= 0.3 is 0 Å². The Morgan fingerprint density at radius 2 is 2.30 bits per heavy atom. The molecule has 2 heterocycles. The number of rotatable bonds is 7. The van der Waals surface area contributed by atoms with Crippen molar-refractivity contribution in [2.45, 2.75) is 39.7 Å². The number of nitrogens with zero attached hydrogens (tertiary/aromatic N) is 2. The first-order valence-electron chi connectivity index (χ1n) is 7.72. The molecular weight excluding hydrogens is 270 g/mol. The second kappa shape index (κ2) is 7.96. The van der Waals surface area contributed by atoms with Crippen molar-refractivity contribution in [1.82, 2.24) is 10.3 Å². The third-order valence-electron chi connectivity index (χ3n) is 3.75. The molecule has 114 valence electrons. The maximum atomic E-state index is 5.57. The van der Waals surface area contributed by atoms with Crippen molar-refractivity contribution in [2.24, 2.45) is 5.92 Å². The van der Waals surface area contributed by atoms with E-state index >= 15 is 0 Å². The van der Waals surface area contributed by atoms with E-state index in [1.54, 1.807) is 0 Å². The molecule has 5 heteroatoms. The molecule has 1 fully saturated rings. The molecule has 0 radical (unpaired) electrons. The number of thiazole rings is 1. The number of aryl methyl sites for hydroxylation is 1. The third kappa shape index (κ3) is 4.17. The van der Waals surface area contributed by atoms with Crippen LogP contribution in [0.5, 0.6) is 0 Å². The van der Waals surface area contributed by atoms with Crippen molar-refractivity contribution in [1.29, 1.82) is 0 Å². The van der Waals surface area contributed by atoms with E-state index in [4.69, 9.17) is 9.72 Å². The number of anilines is 1. The van der Waals surface area contributed by atoms with Crippen LogP contribution in [-0.2, 0) is 17.7 Å². The third-order valence-corrected chi connectivity index (χ3v) is 4.96. The summed E-state index contributed by atoms with van der Waals surface area (Å²) < 4.78 is 5.57. The zero-order valence-corrected chi connectivity index (χ0v) is 13.8. The van der Waals surface area contributed by atoms with E-state index in [0.717, 1.165) is 44.4 Å². The first-order chi connectivity index (χ1) is 9.74. The summed E-state index contributed by atoms with van der Waals surface area (Å²) in [5.74, 6) is 0.653. The van der Waals surface area contributed by atoms with Crippen LogP contribution in [0.15, 0.2) is 0 Å². The highest BCUT2D eigenvalue weighted by Gasteiger charge is 2.19. The van der Waals surface area contributed by atoms with Gasteiger partial charge in [0.25, 0.3) is 0 Å². The lowest BCUT2D eigenvalue weighted by molar-refractivity contribution is 0.0576. The Bertz CT molecular complexity index is 402. The van der Waals surface area contributed by atoms with E-state index in [2.05, 4.69) is 31.1 Å². The summed E-state index contributed by atoms with van der Waals surface area (Å²) in [6.07, 6.45) is 3.49. The first-order valence-corrected chi connectivity index (χ1v) is 8.54. The van der Waals surface area contributed by atoms with Gasteiger partial charge in [0.2, 0.25) is 0 Å². The van der Waals surface area contributed by atoms with Gasteiger partial charge in [-0.15, -0.1) is 11.3 Å². The summed E-state index contributed by atoms with van der Waals surface area (Å²) >= 11 is 1.83. The topological polar surface area (TPSA) is 37.4 Å². The molecule has 0 aliphatic carbocycles. The average molecular weight is 297 g/mol. The normalized spacial score (nSPS) is 19.2. The second-order valence-electron chi connectivity index (χ2n) is 5.46. The second-order valence-corrected chi connectivity index (χ2v) is 6.53. The molecule has 1 aromatic rings.